The van der Waals surface area contributed by atoms with Gasteiger partial charge in [0, 0.05) is 114 Å². The van der Waals surface area contributed by atoms with Crippen molar-refractivity contribution in [2.75, 3.05) is 63.0 Å². The van der Waals surface area contributed by atoms with Crippen molar-refractivity contribution < 1.29 is 9.53 Å². The van der Waals surface area contributed by atoms with Gasteiger partial charge in [0.1, 0.15) is 16.9 Å². The molecule has 73 heavy (non-hydrogen) atoms. The molecule has 2 aliphatic heterocycles. The van der Waals surface area contributed by atoms with Gasteiger partial charge in [-0.15, -0.1) is 24.8 Å². The van der Waals surface area contributed by atoms with Crippen LogP contribution in [0, 0.1) is 10.8 Å². The zero-order valence-electron chi connectivity index (χ0n) is 44.7. The fraction of sp³-hybridized carbons (Fsp3) is 0.509. The summed E-state index contributed by atoms with van der Waals surface area (Å²) < 4.78 is 8.98. The third kappa shape index (κ3) is 16.9. The van der Waals surface area contributed by atoms with E-state index in [4.69, 9.17) is 14.7 Å². The number of benzene rings is 2. The van der Waals surface area contributed by atoms with E-state index in [0.29, 0.717) is 49.4 Å². The van der Waals surface area contributed by atoms with Gasteiger partial charge in [-0.05, 0) is 79.8 Å². The number of hydrogen-bond acceptors (Lipinski definition) is 13. The molecule has 6 heterocycles. The molecule has 0 aliphatic carbocycles. The van der Waals surface area contributed by atoms with Crippen LogP contribution in [0.3, 0.4) is 0 Å². The Morgan fingerprint density at radius 3 is 1.37 bits per heavy atom. The van der Waals surface area contributed by atoms with Crippen molar-refractivity contribution >= 4 is 64.9 Å². The van der Waals surface area contributed by atoms with Gasteiger partial charge in [-0.1, -0.05) is 90.1 Å². The summed E-state index contributed by atoms with van der Waals surface area (Å²) in [6, 6.07) is 24.1. The van der Waals surface area contributed by atoms with Crippen molar-refractivity contribution in [1.29, 1.82) is 0 Å². The van der Waals surface area contributed by atoms with Crippen LogP contribution >= 0.6 is 24.8 Å². The number of nitrogens with zero attached hydrogens (tertiary/aromatic N) is 9. The SMILES string of the molecule is C[C@H](Nc1ncc2ccc(=O)n(CC(C)(C)C)c2n1)c1ccc(CN2CCN(C(=O)OC(C)(C)C)CC2)cc1.C[C@H](Nc1ncc2ccc(=O)n(CC(C)(C)C)c2n1)c1ccc(CN2CCNCC2)cc1.Cl.Cl. The summed E-state index contributed by atoms with van der Waals surface area (Å²) in [6.07, 6.45) is 3.31. The monoisotopic (exact) mass is 1040 g/mol. The minimum absolute atomic E-state index is 0. The van der Waals surface area contributed by atoms with E-state index in [0.717, 1.165) is 68.7 Å². The van der Waals surface area contributed by atoms with E-state index in [1.165, 1.54) is 16.7 Å². The van der Waals surface area contributed by atoms with Gasteiger partial charge < -0.3 is 25.6 Å². The Bertz CT molecular complexity index is 2860. The van der Waals surface area contributed by atoms with Crippen molar-refractivity contribution in [3.05, 3.63) is 128 Å². The Morgan fingerprint density at radius 2 is 0.986 bits per heavy atom. The highest BCUT2D eigenvalue weighted by molar-refractivity contribution is 5.85. The van der Waals surface area contributed by atoms with E-state index in [1.807, 2.05) is 20.8 Å². The highest BCUT2D eigenvalue weighted by Gasteiger charge is 2.26. The van der Waals surface area contributed by atoms with E-state index in [-0.39, 0.29) is 64.9 Å². The lowest BCUT2D eigenvalue weighted by atomic mass is 9.96. The molecule has 0 radical (unpaired) electrons. The average Bonchev–Trinajstić information content (AvgIpc) is 3.31. The number of rotatable bonds is 12. The number of aromatic nitrogens is 6. The molecule has 2 saturated heterocycles. The number of halogens is 2. The second kappa shape index (κ2) is 25.1. The predicted molar refractivity (Wildman–Crippen MR) is 299 cm³/mol. The van der Waals surface area contributed by atoms with Crippen LogP contribution in [0.5, 0.6) is 0 Å². The van der Waals surface area contributed by atoms with Crippen LogP contribution in [0.25, 0.3) is 22.1 Å². The van der Waals surface area contributed by atoms with Crippen LogP contribution in [-0.2, 0) is 30.9 Å². The molecule has 0 saturated carbocycles. The molecule has 18 heteroatoms. The number of pyridine rings is 2. The highest BCUT2D eigenvalue weighted by Crippen LogP contribution is 2.24. The number of piperazine rings is 2. The quantitative estimate of drug-likeness (QED) is 0.106. The number of carbonyl (C=O) groups excluding carboxylic acids is 1. The van der Waals surface area contributed by atoms with Crippen molar-refractivity contribution in [1.82, 2.24) is 49.1 Å². The molecule has 2 aliphatic rings. The number of hydrogen-bond donors (Lipinski definition) is 3. The molecule has 0 spiro atoms. The first-order chi connectivity index (χ1) is 33.6. The maximum atomic E-state index is 12.6. The van der Waals surface area contributed by atoms with Gasteiger partial charge >= 0.3 is 6.09 Å². The topological polar surface area (TPSA) is 168 Å². The molecule has 2 atom stereocenters. The number of nitrogens with one attached hydrogen (secondary N) is 3. The van der Waals surface area contributed by atoms with Crippen LogP contribution in [-0.4, -0.2) is 108 Å². The first-order valence-corrected chi connectivity index (χ1v) is 25.1. The molecular formula is C55H78Cl2N12O4. The van der Waals surface area contributed by atoms with Crippen LogP contribution < -0.4 is 27.1 Å². The Balaban J connectivity index is 0.000000268. The number of carbonyl (C=O) groups is 1. The number of fused-ring (bicyclic) bond motifs is 2. The predicted octanol–water partition coefficient (Wildman–Crippen LogP) is 9.32. The maximum Gasteiger partial charge on any atom is 0.410 e. The lowest BCUT2D eigenvalue weighted by molar-refractivity contribution is 0.0139. The molecule has 2 fully saturated rings. The molecule has 1 amide bonds. The summed E-state index contributed by atoms with van der Waals surface area (Å²) in [5, 5.41) is 11.9. The van der Waals surface area contributed by atoms with Crippen molar-refractivity contribution in [3.63, 3.8) is 0 Å². The second-order valence-electron chi connectivity index (χ2n) is 22.6. The van der Waals surface area contributed by atoms with E-state index in [1.54, 1.807) is 50.7 Å². The fourth-order valence-corrected chi connectivity index (χ4v) is 8.71. The molecule has 0 unspecified atom stereocenters. The maximum absolute atomic E-state index is 12.6. The normalized spacial score (nSPS) is 15.6. The summed E-state index contributed by atoms with van der Waals surface area (Å²) in [5.74, 6) is 1.03. The minimum atomic E-state index is -0.475. The summed E-state index contributed by atoms with van der Waals surface area (Å²) in [6.45, 7) is 32.8. The molecule has 2 aromatic carbocycles. The van der Waals surface area contributed by atoms with Crippen LogP contribution in [0.2, 0.25) is 0 Å². The van der Waals surface area contributed by atoms with E-state index < -0.39 is 5.60 Å². The number of anilines is 2. The summed E-state index contributed by atoms with van der Waals surface area (Å²) in [4.78, 5) is 62.5. The Kier molecular flexibility index (Phi) is 20.0. The zero-order valence-corrected chi connectivity index (χ0v) is 46.3. The molecule has 0 bridgehead atoms. The molecule has 4 aromatic heterocycles. The summed E-state index contributed by atoms with van der Waals surface area (Å²) in [7, 11) is 0. The average molecular weight is 1040 g/mol. The number of ether oxygens (including phenoxy) is 1. The molecule has 3 N–H and O–H groups in total. The van der Waals surface area contributed by atoms with Crippen molar-refractivity contribution in [2.45, 2.75) is 120 Å². The molecule has 396 valence electrons. The van der Waals surface area contributed by atoms with Gasteiger partial charge in [-0.3, -0.25) is 28.5 Å². The summed E-state index contributed by atoms with van der Waals surface area (Å²) >= 11 is 0. The van der Waals surface area contributed by atoms with E-state index >= 15 is 0 Å². The third-order valence-corrected chi connectivity index (χ3v) is 12.4. The van der Waals surface area contributed by atoms with Crippen LogP contribution in [0.4, 0.5) is 16.7 Å². The van der Waals surface area contributed by atoms with Gasteiger partial charge in [0.15, 0.2) is 0 Å². The summed E-state index contributed by atoms with van der Waals surface area (Å²) in [5.41, 5.74) is 5.51. The Hall–Kier alpha value is -5.65. The largest absolute Gasteiger partial charge is 0.444 e. The first-order valence-electron chi connectivity index (χ1n) is 25.1. The van der Waals surface area contributed by atoms with Gasteiger partial charge in [0.25, 0.3) is 11.1 Å². The Morgan fingerprint density at radius 1 is 0.589 bits per heavy atom. The molecular weight excluding hydrogens is 964 g/mol. The van der Waals surface area contributed by atoms with E-state index in [9.17, 15) is 14.4 Å². The van der Waals surface area contributed by atoms with Crippen molar-refractivity contribution in [3.8, 4) is 0 Å². The van der Waals surface area contributed by atoms with Gasteiger partial charge in [-0.25, -0.2) is 14.8 Å². The van der Waals surface area contributed by atoms with Gasteiger partial charge in [0.05, 0.1) is 12.1 Å². The zero-order chi connectivity index (χ0) is 51.1. The standard InChI is InChI=1S/C30H42N6O3.C25H34N6O.2ClH/c1-21(32-27-31-18-24-12-13-25(37)36(26(24)33-27)20-29(2,3)4)23-10-8-22(9-11-23)19-34-14-16-35(17-15-34)28(38)39-30(5,6)7;1-18(20-7-5-19(6-8-20)16-30-13-11-26-12-14-30)28-24-27-15-21-9-10-22(32)31(23(21)29-24)17-25(2,3)4;;/h8-13,18,21H,14-17,19-20H2,1-7H3,(H,31,32,33);5-10,15,18,26H,11-14,16-17H2,1-4H3,(H,27,28,29);2*1H/t21-;18-;;/m00../s1. The molecule has 8 rings (SSSR count). The first kappa shape index (κ1) is 58.2. The van der Waals surface area contributed by atoms with Crippen molar-refractivity contribution in [2.24, 2.45) is 10.8 Å². The lowest BCUT2D eigenvalue weighted by Gasteiger charge is -2.35. The second-order valence-corrected chi connectivity index (χ2v) is 22.6. The third-order valence-electron chi connectivity index (χ3n) is 12.4. The number of amides is 1. The van der Waals surface area contributed by atoms with E-state index in [2.05, 4.69) is 140 Å². The van der Waals surface area contributed by atoms with Gasteiger partial charge in [-0.2, -0.15) is 9.97 Å². The van der Waals surface area contributed by atoms with Crippen LogP contribution in [0.15, 0.2) is 94.8 Å². The lowest BCUT2D eigenvalue weighted by Crippen LogP contribution is -2.49. The minimum Gasteiger partial charge on any atom is -0.444 e. The fourth-order valence-electron chi connectivity index (χ4n) is 8.71. The highest BCUT2D eigenvalue weighted by atomic mass is 35.5. The molecule has 6 aromatic rings. The van der Waals surface area contributed by atoms with Gasteiger partial charge in [0.2, 0.25) is 11.9 Å². The van der Waals surface area contributed by atoms with Crippen LogP contribution in [0.1, 0.15) is 110 Å². The molecule has 16 nitrogen and oxygen atoms in total. The smallest absolute Gasteiger partial charge is 0.410 e. The Labute approximate surface area is 443 Å².